The van der Waals surface area contributed by atoms with Crippen LogP contribution in [0.25, 0.3) is 21.3 Å². The van der Waals surface area contributed by atoms with Crippen LogP contribution in [0.5, 0.6) is 0 Å². The van der Waals surface area contributed by atoms with E-state index in [1.54, 1.807) is 27.1 Å². The van der Waals surface area contributed by atoms with Crippen LogP contribution < -0.4 is 11.1 Å². The number of nitrogens with one attached hydrogen (secondary N) is 1. The third-order valence-electron chi connectivity index (χ3n) is 5.52. The summed E-state index contributed by atoms with van der Waals surface area (Å²) in [6.07, 6.45) is -1.26. The molecule has 3 N–H and O–H groups in total. The fourth-order valence-corrected chi connectivity index (χ4v) is 4.90. The molecule has 1 unspecified atom stereocenters. The predicted octanol–water partition coefficient (Wildman–Crippen LogP) is 3.65. The van der Waals surface area contributed by atoms with E-state index >= 15 is 0 Å². The molecule has 0 aliphatic heterocycles. The first-order chi connectivity index (χ1) is 16.9. The zero-order valence-corrected chi connectivity index (χ0v) is 20.3. The second-order valence-corrected chi connectivity index (χ2v) is 9.06. The van der Waals surface area contributed by atoms with Crippen LogP contribution in [0.4, 0.5) is 20.3 Å². The van der Waals surface area contributed by atoms with Crippen LogP contribution in [0.2, 0.25) is 0 Å². The molecule has 2 amide bonds. The Balaban J connectivity index is 1.89. The van der Waals surface area contributed by atoms with Gasteiger partial charge >= 0.3 is 5.82 Å². The molecule has 4 aromatic rings. The molecule has 0 fully saturated rings. The Morgan fingerprint density at radius 1 is 1.22 bits per heavy atom. The average Bonchev–Trinajstić information content (AvgIpc) is 3.47. The van der Waals surface area contributed by atoms with Gasteiger partial charge in [0, 0.05) is 24.2 Å². The number of carbonyl (C=O) groups excluding carboxylic acids is 2. The Hall–Kier alpha value is -4.27. The summed E-state index contributed by atoms with van der Waals surface area (Å²) < 4.78 is 30.0. The zero-order valence-electron chi connectivity index (χ0n) is 19.4. The van der Waals surface area contributed by atoms with Crippen molar-refractivity contribution in [3.63, 3.8) is 0 Å². The van der Waals surface area contributed by atoms with Gasteiger partial charge in [-0.25, -0.2) is 13.8 Å². The van der Waals surface area contributed by atoms with E-state index in [0.717, 1.165) is 11.3 Å². The highest BCUT2D eigenvalue weighted by Crippen LogP contribution is 2.43. The summed E-state index contributed by atoms with van der Waals surface area (Å²) in [5.41, 5.74) is 6.74. The molecule has 36 heavy (non-hydrogen) atoms. The minimum Gasteiger partial charge on any atom is -0.365 e. The third kappa shape index (κ3) is 4.28. The number of thiophene rings is 1. The van der Waals surface area contributed by atoms with Crippen LogP contribution in [-0.4, -0.2) is 41.3 Å². The first-order valence-electron chi connectivity index (χ1n) is 10.5. The molecule has 0 aliphatic carbocycles. The van der Waals surface area contributed by atoms with E-state index in [0.29, 0.717) is 22.5 Å². The van der Waals surface area contributed by atoms with Crippen molar-refractivity contribution in [2.45, 2.75) is 33.2 Å². The Labute approximate surface area is 205 Å². The van der Waals surface area contributed by atoms with E-state index in [2.05, 4.69) is 20.5 Å². The van der Waals surface area contributed by atoms with Crippen LogP contribution >= 0.6 is 11.3 Å². The monoisotopic (exact) mass is 518 g/mol. The minimum absolute atomic E-state index is 0.00484. The van der Waals surface area contributed by atoms with Crippen molar-refractivity contribution in [1.29, 1.82) is 0 Å². The molecule has 0 aromatic carbocycles. The molecule has 0 radical (unpaired) electrons. The normalized spacial score (nSPS) is 12.3. The van der Waals surface area contributed by atoms with Crippen LogP contribution in [0.1, 0.15) is 46.1 Å². The summed E-state index contributed by atoms with van der Waals surface area (Å²) in [5, 5.41) is 22.1. The Bertz CT molecular complexity index is 1540. The number of fused-ring (bicyclic) bond motifs is 1. The van der Waals surface area contributed by atoms with Gasteiger partial charge in [0.25, 0.3) is 18.2 Å². The number of primary amides is 1. The van der Waals surface area contributed by atoms with Gasteiger partial charge in [-0.1, -0.05) is 0 Å². The molecule has 0 aliphatic rings. The number of nitro groups is 1. The standard InChI is InChI=1S/C21H20F2N8O4S/c1-8-5-14(31(34)35)28-30(8)10(3)20(33)26-16-15-11(12-7-29(4)27-9(12)2)6-13(18(22)23)25-21(15)36-17(16)19(24)32/h5-7,10,18H,1-4H3,(H2,24,32)(H,26,33). The fourth-order valence-electron chi connectivity index (χ4n) is 3.89. The number of amides is 2. The van der Waals surface area contributed by atoms with E-state index in [4.69, 9.17) is 5.73 Å². The molecule has 188 valence electrons. The number of hydrogen-bond donors (Lipinski definition) is 2. The molecule has 0 saturated heterocycles. The lowest BCUT2D eigenvalue weighted by atomic mass is 10.0. The topological polar surface area (TPSA) is 164 Å². The second kappa shape index (κ2) is 9.07. The largest absolute Gasteiger partial charge is 0.390 e. The average molecular weight is 519 g/mol. The molecule has 0 bridgehead atoms. The van der Waals surface area contributed by atoms with Gasteiger partial charge in [0.05, 0.1) is 28.2 Å². The predicted molar refractivity (Wildman–Crippen MR) is 127 cm³/mol. The smallest absolute Gasteiger partial charge is 0.365 e. The lowest BCUT2D eigenvalue weighted by Gasteiger charge is -2.13. The molecule has 1 atom stereocenters. The van der Waals surface area contributed by atoms with Crippen molar-refractivity contribution in [2.75, 3.05) is 5.32 Å². The minimum atomic E-state index is -2.89. The molecule has 4 aromatic heterocycles. The quantitative estimate of drug-likeness (QED) is 0.278. The summed E-state index contributed by atoms with van der Waals surface area (Å²) in [6.45, 7) is 4.72. The summed E-state index contributed by atoms with van der Waals surface area (Å²) in [5.74, 6) is -1.98. The van der Waals surface area contributed by atoms with Crippen molar-refractivity contribution in [1.82, 2.24) is 24.5 Å². The molecule has 4 heterocycles. The summed E-state index contributed by atoms with van der Waals surface area (Å²) >= 11 is 0.773. The number of carbonyl (C=O) groups is 2. The summed E-state index contributed by atoms with van der Waals surface area (Å²) in [6, 6.07) is 1.39. The SMILES string of the molecule is Cc1nn(C)cc1-c1cc(C(F)F)nc2sc(C(N)=O)c(NC(=O)C(C)n3nc([N+](=O)[O-])cc3C)c12. The van der Waals surface area contributed by atoms with Crippen molar-refractivity contribution in [3.8, 4) is 11.1 Å². The maximum absolute atomic E-state index is 13.7. The van der Waals surface area contributed by atoms with Gasteiger partial charge in [-0.15, -0.1) is 11.3 Å². The second-order valence-electron chi connectivity index (χ2n) is 8.06. The Kier molecular flexibility index (Phi) is 6.26. The number of alkyl halides is 2. The summed E-state index contributed by atoms with van der Waals surface area (Å²) in [4.78, 5) is 39.9. The van der Waals surface area contributed by atoms with E-state index < -0.39 is 40.7 Å². The number of aryl methyl sites for hydroxylation is 3. The number of nitrogens with zero attached hydrogens (tertiary/aromatic N) is 6. The third-order valence-corrected chi connectivity index (χ3v) is 6.62. The Morgan fingerprint density at radius 3 is 2.44 bits per heavy atom. The van der Waals surface area contributed by atoms with Gasteiger partial charge in [0.1, 0.15) is 21.4 Å². The Morgan fingerprint density at radius 2 is 1.92 bits per heavy atom. The molecular formula is C21H20F2N8O4S. The van der Waals surface area contributed by atoms with Crippen LogP contribution in [0.15, 0.2) is 18.3 Å². The lowest BCUT2D eigenvalue weighted by Crippen LogP contribution is -2.26. The number of hydrogen-bond acceptors (Lipinski definition) is 8. The van der Waals surface area contributed by atoms with Crippen molar-refractivity contribution in [3.05, 3.63) is 50.4 Å². The number of aromatic nitrogens is 5. The maximum atomic E-state index is 13.7. The van der Waals surface area contributed by atoms with Crippen molar-refractivity contribution in [2.24, 2.45) is 12.8 Å². The first-order valence-corrected chi connectivity index (χ1v) is 11.3. The molecular weight excluding hydrogens is 498 g/mol. The lowest BCUT2D eigenvalue weighted by molar-refractivity contribution is -0.389. The van der Waals surface area contributed by atoms with Gasteiger partial charge in [0.15, 0.2) is 0 Å². The molecule has 4 rings (SSSR count). The molecule has 0 saturated carbocycles. The maximum Gasteiger partial charge on any atom is 0.390 e. The van der Waals surface area contributed by atoms with Gasteiger partial charge in [-0.3, -0.25) is 14.3 Å². The van der Waals surface area contributed by atoms with Crippen LogP contribution in [0, 0.1) is 24.0 Å². The summed E-state index contributed by atoms with van der Waals surface area (Å²) in [7, 11) is 1.67. The number of anilines is 1. The van der Waals surface area contributed by atoms with E-state index in [-0.39, 0.29) is 20.8 Å². The van der Waals surface area contributed by atoms with Gasteiger partial charge in [0.2, 0.25) is 0 Å². The number of nitrogens with two attached hydrogens (primary N) is 1. The molecule has 0 spiro atoms. The fraction of sp³-hybridized carbons (Fsp3) is 0.286. The number of rotatable bonds is 7. The van der Waals surface area contributed by atoms with E-state index in [9.17, 15) is 28.5 Å². The number of halogens is 2. The van der Waals surface area contributed by atoms with Gasteiger partial charge in [-0.2, -0.15) is 9.78 Å². The number of pyridine rings is 1. The van der Waals surface area contributed by atoms with E-state index in [1.165, 1.54) is 28.4 Å². The molecule has 12 nitrogen and oxygen atoms in total. The van der Waals surface area contributed by atoms with E-state index in [1.807, 2.05) is 0 Å². The van der Waals surface area contributed by atoms with Crippen molar-refractivity contribution < 1.29 is 23.3 Å². The van der Waals surface area contributed by atoms with Gasteiger partial charge < -0.3 is 21.2 Å². The molecule has 15 heteroatoms. The highest BCUT2D eigenvalue weighted by Gasteiger charge is 2.29. The first kappa shape index (κ1) is 24.8. The highest BCUT2D eigenvalue weighted by atomic mass is 32.1. The van der Waals surface area contributed by atoms with Gasteiger partial charge in [-0.05, 0) is 37.3 Å². The highest BCUT2D eigenvalue weighted by molar-refractivity contribution is 7.21. The zero-order chi connectivity index (χ0) is 26.5. The van der Waals surface area contributed by atoms with Crippen molar-refractivity contribution >= 4 is 44.9 Å². The van der Waals surface area contributed by atoms with Crippen LogP contribution in [0.3, 0.4) is 0 Å². The van der Waals surface area contributed by atoms with Crippen LogP contribution in [-0.2, 0) is 11.8 Å².